The van der Waals surface area contributed by atoms with Crippen molar-refractivity contribution in [2.45, 2.75) is 90.6 Å². The Balaban J connectivity index is 4.72. The third-order valence-electron chi connectivity index (χ3n) is 6.88. The second-order valence-electron chi connectivity index (χ2n) is 13.0. The van der Waals surface area contributed by atoms with Crippen LogP contribution < -0.4 is 0 Å². The number of nitrogens with zero attached hydrogens (tertiary/aromatic N) is 1. The molecule has 0 fully saturated rings. The highest BCUT2D eigenvalue weighted by Gasteiger charge is 2.27. The molecular formula is C43H67NO8P+. The fourth-order valence-electron chi connectivity index (χ4n) is 3.97. The van der Waals surface area contributed by atoms with Crippen LogP contribution in [0.2, 0.25) is 0 Å². The van der Waals surface area contributed by atoms with Gasteiger partial charge in [0.25, 0.3) is 0 Å². The Hall–Kier alpha value is -3.59. The molecule has 2 unspecified atom stereocenters. The summed E-state index contributed by atoms with van der Waals surface area (Å²) >= 11 is 0. The van der Waals surface area contributed by atoms with Gasteiger partial charge in [-0.3, -0.25) is 18.6 Å². The van der Waals surface area contributed by atoms with E-state index in [0.29, 0.717) is 30.3 Å². The first-order valence-corrected chi connectivity index (χ1v) is 20.3. The van der Waals surface area contributed by atoms with Crippen LogP contribution in [0.5, 0.6) is 0 Å². The highest BCUT2D eigenvalue weighted by molar-refractivity contribution is 7.47. The molecule has 9 nitrogen and oxygen atoms in total. The molecule has 0 aliphatic heterocycles. The van der Waals surface area contributed by atoms with Crippen LogP contribution in [0.15, 0.2) is 122 Å². The molecule has 0 aliphatic rings. The Labute approximate surface area is 320 Å². The lowest BCUT2D eigenvalue weighted by Gasteiger charge is -2.24. The zero-order valence-corrected chi connectivity index (χ0v) is 33.8. The summed E-state index contributed by atoms with van der Waals surface area (Å²) < 4.78 is 33.9. The van der Waals surface area contributed by atoms with Crippen molar-refractivity contribution in [2.24, 2.45) is 0 Å². The van der Waals surface area contributed by atoms with Crippen LogP contribution in [0.25, 0.3) is 0 Å². The first kappa shape index (κ1) is 49.4. The number of carbonyl (C=O) groups is 2. The SMILES string of the molecule is CC/C=C/C=C/C=C/C=C/C=C/CCCC(=O)OC(COC(=O)CC/C=C/C/C=C/C/C=C/C/C=C/C/C=C/CC)COP(=O)(O)OCC[N+](C)(C)C. The number of unbranched alkanes of at least 4 members (excludes halogenated alkanes) is 1. The molecule has 296 valence electrons. The van der Waals surface area contributed by atoms with E-state index in [9.17, 15) is 19.0 Å². The Kier molecular flexibility index (Phi) is 31.9. The predicted molar refractivity (Wildman–Crippen MR) is 219 cm³/mol. The zero-order chi connectivity index (χ0) is 39.3. The van der Waals surface area contributed by atoms with Gasteiger partial charge in [-0.25, -0.2) is 4.57 Å². The molecule has 0 saturated heterocycles. The second kappa shape index (κ2) is 34.2. The fraction of sp³-hybridized carbons (Fsp3) is 0.488. The second-order valence-corrected chi connectivity index (χ2v) is 14.4. The zero-order valence-electron chi connectivity index (χ0n) is 32.9. The molecule has 0 spiro atoms. The third-order valence-corrected chi connectivity index (χ3v) is 7.86. The molecule has 0 aliphatic carbocycles. The molecule has 0 rings (SSSR count). The van der Waals surface area contributed by atoms with Crippen LogP contribution in [0.4, 0.5) is 0 Å². The molecule has 0 bridgehead atoms. The van der Waals surface area contributed by atoms with Crippen LogP contribution in [0.1, 0.15) is 84.5 Å². The predicted octanol–water partition coefficient (Wildman–Crippen LogP) is 10.2. The highest BCUT2D eigenvalue weighted by atomic mass is 31.2. The van der Waals surface area contributed by atoms with Crippen molar-refractivity contribution < 1.29 is 42.1 Å². The maximum atomic E-state index is 12.6. The molecule has 0 aromatic carbocycles. The summed E-state index contributed by atoms with van der Waals surface area (Å²) in [7, 11) is 1.36. The number of rotatable bonds is 31. The van der Waals surface area contributed by atoms with E-state index in [4.69, 9.17) is 18.5 Å². The minimum Gasteiger partial charge on any atom is -0.462 e. The summed E-state index contributed by atoms with van der Waals surface area (Å²) in [6.45, 7) is 3.93. The average Bonchev–Trinajstić information content (AvgIpc) is 3.10. The Bertz CT molecular complexity index is 1310. The Morgan fingerprint density at radius 3 is 1.66 bits per heavy atom. The van der Waals surface area contributed by atoms with Crippen molar-refractivity contribution in [1.29, 1.82) is 0 Å². The van der Waals surface area contributed by atoms with Gasteiger partial charge in [0.15, 0.2) is 6.10 Å². The summed E-state index contributed by atoms with van der Waals surface area (Å²) in [5, 5.41) is 0. The molecule has 10 heteroatoms. The number of hydrogen-bond acceptors (Lipinski definition) is 7. The largest absolute Gasteiger partial charge is 0.472 e. The van der Waals surface area contributed by atoms with Gasteiger partial charge < -0.3 is 18.9 Å². The first-order valence-electron chi connectivity index (χ1n) is 18.8. The van der Waals surface area contributed by atoms with Crippen molar-refractivity contribution >= 4 is 19.8 Å². The van der Waals surface area contributed by atoms with Crippen molar-refractivity contribution in [2.75, 3.05) is 47.5 Å². The molecule has 0 aromatic heterocycles. The van der Waals surface area contributed by atoms with E-state index in [0.717, 1.165) is 38.5 Å². The van der Waals surface area contributed by atoms with E-state index in [2.05, 4.69) is 68.5 Å². The molecule has 0 heterocycles. The fourth-order valence-corrected chi connectivity index (χ4v) is 4.71. The van der Waals surface area contributed by atoms with Crippen LogP contribution in [0.3, 0.4) is 0 Å². The molecular weight excluding hydrogens is 689 g/mol. The number of allylic oxidation sites excluding steroid dienone is 20. The van der Waals surface area contributed by atoms with Gasteiger partial charge in [-0.05, 0) is 57.8 Å². The number of phosphoric ester groups is 1. The van der Waals surface area contributed by atoms with Crippen LogP contribution >= 0.6 is 7.82 Å². The molecule has 0 radical (unpaired) electrons. The van der Waals surface area contributed by atoms with E-state index >= 15 is 0 Å². The number of hydrogen-bond donors (Lipinski definition) is 1. The van der Waals surface area contributed by atoms with E-state index < -0.39 is 32.5 Å². The van der Waals surface area contributed by atoms with Crippen molar-refractivity contribution in [3.05, 3.63) is 122 Å². The summed E-state index contributed by atoms with van der Waals surface area (Å²) in [6.07, 6.45) is 47.1. The quantitative estimate of drug-likeness (QED) is 0.0186. The summed E-state index contributed by atoms with van der Waals surface area (Å²) in [5.74, 6) is -1.00. The minimum atomic E-state index is -4.41. The first-order chi connectivity index (χ1) is 25.5. The van der Waals surface area contributed by atoms with Gasteiger partial charge in [-0.1, -0.05) is 135 Å². The highest BCUT2D eigenvalue weighted by Crippen LogP contribution is 2.43. The van der Waals surface area contributed by atoms with Gasteiger partial charge in [-0.2, -0.15) is 0 Å². The van der Waals surface area contributed by atoms with E-state index in [-0.39, 0.29) is 26.1 Å². The van der Waals surface area contributed by atoms with Crippen LogP contribution in [-0.2, 0) is 32.7 Å². The lowest BCUT2D eigenvalue weighted by molar-refractivity contribution is -0.870. The normalized spacial score (nSPS) is 15.1. The number of phosphoric acid groups is 1. The van der Waals surface area contributed by atoms with Crippen LogP contribution in [-0.4, -0.2) is 74.9 Å². The number of quaternary nitrogens is 1. The van der Waals surface area contributed by atoms with Gasteiger partial charge in [0.2, 0.25) is 0 Å². The summed E-state index contributed by atoms with van der Waals surface area (Å²) in [6, 6.07) is 0. The summed E-state index contributed by atoms with van der Waals surface area (Å²) in [5.41, 5.74) is 0. The Morgan fingerprint density at radius 1 is 0.604 bits per heavy atom. The standard InChI is InChI=1S/C43H66NO8P/c1-6-8-10-12-14-16-18-20-21-22-24-25-27-29-31-33-35-42(45)49-39-41(40-51-53(47,48)50-38-37-44(3,4)5)52-43(46)36-34-32-30-28-26-23-19-17-15-13-11-9-7-2/h8-11,13-17,19-21,23-26,28-31,41H,6-7,12,18,22,27,32-40H2,1-5H3/p+1/b10-8+,11-9+,15-13+,16-14+,19-17+,21-20+,25-24+,26-23+,30-28+,31-29+. The lowest BCUT2D eigenvalue weighted by Crippen LogP contribution is -2.37. The van der Waals surface area contributed by atoms with Crippen molar-refractivity contribution in [3.8, 4) is 0 Å². The number of carbonyl (C=O) groups excluding carboxylic acids is 2. The van der Waals surface area contributed by atoms with E-state index in [1.165, 1.54) is 0 Å². The third kappa shape index (κ3) is 38.0. The van der Waals surface area contributed by atoms with Gasteiger partial charge in [-0.15, -0.1) is 0 Å². The van der Waals surface area contributed by atoms with Gasteiger partial charge in [0, 0.05) is 12.8 Å². The number of esters is 2. The molecule has 1 N–H and O–H groups in total. The van der Waals surface area contributed by atoms with Gasteiger partial charge in [0.05, 0.1) is 27.7 Å². The van der Waals surface area contributed by atoms with Crippen molar-refractivity contribution in [3.63, 3.8) is 0 Å². The smallest absolute Gasteiger partial charge is 0.462 e. The van der Waals surface area contributed by atoms with E-state index in [1.807, 2.05) is 88.0 Å². The molecule has 2 atom stereocenters. The van der Waals surface area contributed by atoms with Gasteiger partial charge >= 0.3 is 19.8 Å². The topological polar surface area (TPSA) is 108 Å². The lowest BCUT2D eigenvalue weighted by atomic mass is 10.2. The Morgan fingerprint density at radius 2 is 1.11 bits per heavy atom. The summed E-state index contributed by atoms with van der Waals surface area (Å²) in [4.78, 5) is 35.1. The molecule has 0 saturated carbocycles. The van der Waals surface area contributed by atoms with Crippen LogP contribution in [0, 0.1) is 0 Å². The van der Waals surface area contributed by atoms with Gasteiger partial charge in [0.1, 0.15) is 19.8 Å². The maximum absolute atomic E-state index is 12.6. The molecule has 0 aromatic rings. The average molecular weight is 757 g/mol. The molecule has 0 amide bonds. The minimum absolute atomic E-state index is 0.000789. The monoisotopic (exact) mass is 756 g/mol. The number of likely N-dealkylation sites (N-methyl/N-ethyl adjacent to an activating group) is 1. The molecule has 53 heavy (non-hydrogen) atoms. The number of ether oxygens (including phenoxy) is 2. The van der Waals surface area contributed by atoms with E-state index in [1.54, 1.807) is 0 Å². The maximum Gasteiger partial charge on any atom is 0.472 e. The van der Waals surface area contributed by atoms with Crippen molar-refractivity contribution in [1.82, 2.24) is 0 Å².